The van der Waals surface area contributed by atoms with Gasteiger partial charge in [-0.2, -0.15) is 4.31 Å². The van der Waals surface area contributed by atoms with E-state index < -0.39 is 10.0 Å². The van der Waals surface area contributed by atoms with Crippen molar-refractivity contribution in [3.8, 4) is 5.75 Å². The molecular formula is C27H38N2O4S. The summed E-state index contributed by atoms with van der Waals surface area (Å²) in [5, 5.41) is 0. The maximum absolute atomic E-state index is 12.7. The fraction of sp³-hybridized carbons (Fsp3) is 0.519. The van der Waals surface area contributed by atoms with E-state index in [1.165, 1.54) is 9.87 Å². The van der Waals surface area contributed by atoms with E-state index in [0.717, 1.165) is 50.1 Å². The highest BCUT2D eigenvalue weighted by atomic mass is 32.2. The Hall–Kier alpha value is -2.38. The minimum atomic E-state index is -3.44. The number of amides is 1. The van der Waals surface area contributed by atoms with E-state index >= 15 is 0 Å². The van der Waals surface area contributed by atoms with Gasteiger partial charge in [-0.05, 0) is 73.4 Å². The van der Waals surface area contributed by atoms with Crippen LogP contribution in [0.3, 0.4) is 0 Å². The van der Waals surface area contributed by atoms with Gasteiger partial charge in [0.1, 0.15) is 5.75 Å². The standard InChI is InChI=1S/C27H38N2O4S/c1-4-29(5-2)34(31,32)26-15-10-23(11-16-26)12-17-27(30)28-20-18-24(19-21-28)7-6-22-8-13-25(33-3)14-9-22/h8-11,13-16,24H,4-7,12,17-21H2,1-3H3. The largest absolute Gasteiger partial charge is 0.497 e. The van der Waals surface area contributed by atoms with Crippen LogP contribution in [0.15, 0.2) is 53.4 Å². The average Bonchev–Trinajstić information content (AvgIpc) is 2.87. The summed E-state index contributed by atoms with van der Waals surface area (Å²) < 4.78 is 31.9. The normalized spacial score (nSPS) is 15.0. The van der Waals surface area contributed by atoms with Gasteiger partial charge in [-0.25, -0.2) is 8.42 Å². The van der Waals surface area contributed by atoms with E-state index in [9.17, 15) is 13.2 Å². The Bertz CT molecular complexity index is 1010. The number of piperidine rings is 1. The summed E-state index contributed by atoms with van der Waals surface area (Å²) in [6.07, 6.45) is 5.40. The lowest BCUT2D eigenvalue weighted by molar-refractivity contribution is -0.132. The molecule has 0 bridgehead atoms. The second kappa shape index (κ2) is 12.4. The molecule has 0 aliphatic carbocycles. The van der Waals surface area contributed by atoms with Crippen LogP contribution in [0.1, 0.15) is 50.7 Å². The molecule has 1 heterocycles. The molecule has 0 N–H and O–H groups in total. The van der Waals surface area contributed by atoms with Crippen molar-refractivity contribution in [1.82, 2.24) is 9.21 Å². The van der Waals surface area contributed by atoms with Gasteiger partial charge in [-0.1, -0.05) is 38.1 Å². The molecule has 3 rings (SSSR count). The van der Waals surface area contributed by atoms with E-state index in [1.54, 1.807) is 19.2 Å². The van der Waals surface area contributed by atoms with E-state index in [-0.39, 0.29) is 5.91 Å². The minimum Gasteiger partial charge on any atom is -0.497 e. The lowest BCUT2D eigenvalue weighted by Crippen LogP contribution is -2.38. The highest BCUT2D eigenvalue weighted by molar-refractivity contribution is 7.89. The molecule has 0 aromatic heterocycles. The van der Waals surface area contributed by atoms with Gasteiger partial charge in [-0.3, -0.25) is 4.79 Å². The number of rotatable bonds is 11. The summed E-state index contributed by atoms with van der Waals surface area (Å²) in [5.41, 5.74) is 2.32. The lowest BCUT2D eigenvalue weighted by atomic mass is 9.90. The molecule has 0 atom stereocenters. The first-order valence-corrected chi connectivity index (χ1v) is 13.8. The zero-order valence-electron chi connectivity index (χ0n) is 20.7. The summed E-state index contributed by atoms with van der Waals surface area (Å²) in [4.78, 5) is 15.0. The molecule has 0 unspecified atom stereocenters. The van der Waals surface area contributed by atoms with Gasteiger partial charge in [-0.15, -0.1) is 0 Å². The van der Waals surface area contributed by atoms with Gasteiger partial charge in [0.05, 0.1) is 12.0 Å². The second-order valence-electron chi connectivity index (χ2n) is 8.94. The molecule has 1 aliphatic heterocycles. The number of aryl methyl sites for hydroxylation is 2. The Morgan fingerprint density at radius 2 is 1.50 bits per heavy atom. The van der Waals surface area contributed by atoms with E-state index in [4.69, 9.17) is 4.74 Å². The maximum atomic E-state index is 12.7. The maximum Gasteiger partial charge on any atom is 0.243 e. The number of nitrogens with zero attached hydrogens (tertiary/aromatic N) is 2. The van der Waals surface area contributed by atoms with Crippen LogP contribution in [0.25, 0.3) is 0 Å². The van der Waals surface area contributed by atoms with Crippen molar-refractivity contribution in [2.75, 3.05) is 33.3 Å². The topological polar surface area (TPSA) is 66.9 Å². The molecular weight excluding hydrogens is 448 g/mol. The van der Waals surface area contributed by atoms with Gasteiger partial charge in [0.15, 0.2) is 0 Å². The molecule has 6 nitrogen and oxygen atoms in total. The van der Waals surface area contributed by atoms with Crippen molar-refractivity contribution in [2.45, 2.75) is 57.3 Å². The summed E-state index contributed by atoms with van der Waals surface area (Å²) in [6, 6.07) is 15.2. The van der Waals surface area contributed by atoms with Crippen molar-refractivity contribution in [3.05, 3.63) is 59.7 Å². The summed E-state index contributed by atoms with van der Waals surface area (Å²) >= 11 is 0. The Kier molecular flexibility index (Phi) is 9.54. The predicted octanol–water partition coefficient (Wildman–Crippen LogP) is 4.53. The highest BCUT2D eigenvalue weighted by Gasteiger charge is 2.23. The van der Waals surface area contributed by atoms with Gasteiger partial charge in [0.2, 0.25) is 15.9 Å². The lowest BCUT2D eigenvalue weighted by Gasteiger charge is -2.32. The molecule has 1 amide bonds. The van der Waals surface area contributed by atoms with Crippen molar-refractivity contribution in [3.63, 3.8) is 0 Å². The Labute approximate surface area is 205 Å². The van der Waals surface area contributed by atoms with Gasteiger partial charge < -0.3 is 9.64 Å². The molecule has 34 heavy (non-hydrogen) atoms. The van der Waals surface area contributed by atoms with Crippen LogP contribution >= 0.6 is 0 Å². The average molecular weight is 487 g/mol. The van der Waals surface area contributed by atoms with Crippen LogP contribution in [-0.2, 0) is 27.7 Å². The zero-order chi connectivity index (χ0) is 24.6. The van der Waals surface area contributed by atoms with Crippen LogP contribution in [-0.4, -0.2) is 56.8 Å². The van der Waals surface area contributed by atoms with Crippen molar-refractivity contribution < 1.29 is 17.9 Å². The van der Waals surface area contributed by atoms with Gasteiger partial charge >= 0.3 is 0 Å². The first kappa shape index (κ1) is 26.2. The predicted molar refractivity (Wildman–Crippen MR) is 135 cm³/mol. The molecule has 1 saturated heterocycles. The monoisotopic (exact) mass is 486 g/mol. The molecule has 2 aromatic carbocycles. The number of hydrogen-bond acceptors (Lipinski definition) is 4. The molecule has 0 saturated carbocycles. The summed E-state index contributed by atoms with van der Waals surface area (Å²) in [5.74, 6) is 1.73. The van der Waals surface area contributed by atoms with Gasteiger partial charge in [0, 0.05) is 32.6 Å². The first-order valence-electron chi connectivity index (χ1n) is 12.4. The van der Waals surface area contributed by atoms with Crippen LogP contribution in [0.2, 0.25) is 0 Å². The third-order valence-corrected chi connectivity index (χ3v) is 8.93. The highest BCUT2D eigenvalue weighted by Crippen LogP contribution is 2.24. The van der Waals surface area contributed by atoms with Crippen LogP contribution in [0.5, 0.6) is 5.75 Å². The fourth-order valence-corrected chi connectivity index (χ4v) is 6.04. The van der Waals surface area contributed by atoms with Crippen molar-refractivity contribution >= 4 is 15.9 Å². The molecule has 0 spiro atoms. The number of hydrogen-bond donors (Lipinski definition) is 0. The summed E-state index contributed by atoms with van der Waals surface area (Å²) in [7, 11) is -1.76. The smallest absolute Gasteiger partial charge is 0.243 e. The second-order valence-corrected chi connectivity index (χ2v) is 10.9. The molecule has 1 fully saturated rings. The number of methoxy groups -OCH3 is 1. The Balaban J connectivity index is 1.42. The number of carbonyl (C=O) groups excluding carboxylic acids is 1. The van der Waals surface area contributed by atoms with E-state index in [2.05, 4.69) is 12.1 Å². The number of benzene rings is 2. The molecule has 1 aliphatic rings. The third kappa shape index (κ3) is 6.83. The van der Waals surface area contributed by atoms with Crippen molar-refractivity contribution in [1.29, 1.82) is 0 Å². The SMILES string of the molecule is CCN(CC)S(=O)(=O)c1ccc(CCC(=O)N2CCC(CCc3ccc(OC)cc3)CC2)cc1. The third-order valence-electron chi connectivity index (χ3n) is 6.86. The number of sulfonamides is 1. The minimum absolute atomic E-state index is 0.188. The van der Waals surface area contributed by atoms with Crippen molar-refractivity contribution in [2.24, 2.45) is 5.92 Å². The summed E-state index contributed by atoms with van der Waals surface area (Å²) in [6.45, 7) is 6.23. The van der Waals surface area contributed by atoms with E-state index in [1.807, 2.05) is 43.0 Å². The first-order chi connectivity index (χ1) is 16.4. The van der Waals surface area contributed by atoms with E-state index in [0.29, 0.717) is 36.7 Å². The zero-order valence-corrected chi connectivity index (χ0v) is 21.5. The van der Waals surface area contributed by atoms with Gasteiger partial charge in [0.25, 0.3) is 0 Å². The molecule has 7 heteroatoms. The van der Waals surface area contributed by atoms with Crippen LogP contribution < -0.4 is 4.74 Å². The molecule has 0 radical (unpaired) electrons. The van der Waals surface area contributed by atoms with Crippen LogP contribution in [0.4, 0.5) is 0 Å². The molecule has 2 aromatic rings. The molecule has 186 valence electrons. The number of carbonyl (C=O) groups is 1. The Morgan fingerprint density at radius 1 is 0.941 bits per heavy atom. The number of ether oxygens (including phenoxy) is 1. The fourth-order valence-electron chi connectivity index (χ4n) is 4.58. The quantitative estimate of drug-likeness (QED) is 0.468. The van der Waals surface area contributed by atoms with Crippen LogP contribution in [0, 0.1) is 5.92 Å². The number of likely N-dealkylation sites (tertiary alicyclic amines) is 1. The Morgan fingerprint density at radius 3 is 2.06 bits per heavy atom.